The minimum absolute atomic E-state index is 0.0573. The van der Waals surface area contributed by atoms with E-state index >= 15 is 0 Å². The van der Waals surface area contributed by atoms with Gasteiger partial charge in [0.2, 0.25) is 5.91 Å². The lowest BCUT2D eigenvalue weighted by Gasteiger charge is -2.35. The van der Waals surface area contributed by atoms with Crippen LogP contribution in [0.3, 0.4) is 0 Å². The van der Waals surface area contributed by atoms with Crippen molar-refractivity contribution >= 4 is 5.91 Å². The van der Waals surface area contributed by atoms with E-state index in [1.54, 1.807) is 14.2 Å². The number of fused-ring (bicyclic) bond motifs is 1. The zero-order valence-corrected chi connectivity index (χ0v) is 15.1. The standard InChI is InChI=1S/C19H28N2O4/c1-23-17-7-5-14(10-18(17)24-2)6-8-19(22)20-11-16-12-21-9-3-4-15(21)13-25-16/h5,7,10,15-16H,3-4,6,8-9,11-13H2,1-2H3,(H,20,22)/t15-,16-/m1/s1. The molecule has 2 fully saturated rings. The van der Waals surface area contributed by atoms with E-state index in [0.717, 1.165) is 25.3 Å². The van der Waals surface area contributed by atoms with Crippen molar-refractivity contribution in [1.29, 1.82) is 0 Å². The van der Waals surface area contributed by atoms with Crippen molar-refractivity contribution in [2.75, 3.05) is 40.5 Å². The van der Waals surface area contributed by atoms with Crippen molar-refractivity contribution < 1.29 is 19.0 Å². The zero-order chi connectivity index (χ0) is 17.6. The molecule has 2 saturated heterocycles. The molecule has 3 rings (SSSR count). The number of carbonyl (C=O) groups excluding carboxylic acids is 1. The predicted octanol–water partition coefficient (Wildman–Crippen LogP) is 1.62. The van der Waals surface area contributed by atoms with Crippen LogP contribution in [0.4, 0.5) is 0 Å². The van der Waals surface area contributed by atoms with Crippen LogP contribution in [0.15, 0.2) is 18.2 Å². The van der Waals surface area contributed by atoms with Crippen LogP contribution < -0.4 is 14.8 Å². The number of ether oxygens (including phenoxy) is 3. The van der Waals surface area contributed by atoms with Gasteiger partial charge in [-0.3, -0.25) is 9.69 Å². The maximum Gasteiger partial charge on any atom is 0.220 e. The maximum absolute atomic E-state index is 12.1. The Kier molecular flexibility index (Phi) is 6.15. The van der Waals surface area contributed by atoms with Crippen LogP contribution in [-0.2, 0) is 16.0 Å². The van der Waals surface area contributed by atoms with E-state index in [1.165, 1.54) is 12.8 Å². The number of aryl methyl sites for hydroxylation is 1. The number of hydrogen-bond donors (Lipinski definition) is 1. The lowest BCUT2D eigenvalue weighted by atomic mass is 10.1. The van der Waals surface area contributed by atoms with Crippen molar-refractivity contribution in [1.82, 2.24) is 10.2 Å². The molecule has 0 aromatic heterocycles. The van der Waals surface area contributed by atoms with Gasteiger partial charge in [0.05, 0.1) is 26.9 Å². The molecule has 0 saturated carbocycles. The molecule has 6 heteroatoms. The van der Waals surface area contributed by atoms with Crippen molar-refractivity contribution in [3.63, 3.8) is 0 Å². The largest absolute Gasteiger partial charge is 0.493 e. The number of hydrogen-bond acceptors (Lipinski definition) is 5. The molecule has 6 nitrogen and oxygen atoms in total. The van der Waals surface area contributed by atoms with E-state index in [-0.39, 0.29) is 12.0 Å². The first-order valence-electron chi connectivity index (χ1n) is 9.03. The van der Waals surface area contributed by atoms with E-state index in [1.807, 2.05) is 18.2 Å². The van der Waals surface area contributed by atoms with Crippen molar-refractivity contribution in [2.24, 2.45) is 0 Å². The molecular formula is C19H28N2O4. The summed E-state index contributed by atoms with van der Waals surface area (Å²) in [6.45, 7) is 3.48. The van der Waals surface area contributed by atoms with Gasteiger partial charge in [0, 0.05) is 25.6 Å². The van der Waals surface area contributed by atoms with E-state index in [4.69, 9.17) is 14.2 Å². The van der Waals surface area contributed by atoms with Gasteiger partial charge in [-0.2, -0.15) is 0 Å². The summed E-state index contributed by atoms with van der Waals surface area (Å²) in [5.41, 5.74) is 1.06. The van der Waals surface area contributed by atoms with Crippen LogP contribution in [0, 0.1) is 0 Å². The van der Waals surface area contributed by atoms with E-state index < -0.39 is 0 Å². The summed E-state index contributed by atoms with van der Waals surface area (Å²) < 4.78 is 16.4. The van der Waals surface area contributed by atoms with Gasteiger partial charge in [-0.25, -0.2) is 0 Å². The number of nitrogens with one attached hydrogen (secondary N) is 1. The SMILES string of the molecule is COc1ccc(CCC(=O)NC[C@@H]2CN3CCC[C@@H]3CO2)cc1OC. The highest BCUT2D eigenvalue weighted by atomic mass is 16.5. The minimum atomic E-state index is 0.0573. The van der Waals surface area contributed by atoms with Crippen LogP contribution in [0.5, 0.6) is 11.5 Å². The van der Waals surface area contributed by atoms with Gasteiger partial charge >= 0.3 is 0 Å². The molecule has 0 radical (unpaired) electrons. The van der Waals surface area contributed by atoms with Crippen molar-refractivity contribution in [3.05, 3.63) is 23.8 Å². The highest BCUT2D eigenvalue weighted by Crippen LogP contribution is 2.28. The Hall–Kier alpha value is -1.79. The molecule has 1 aromatic carbocycles. The third-order valence-corrected chi connectivity index (χ3v) is 5.08. The monoisotopic (exact) mass is 348 g/mol. The lowest BCUT2D eigenvalue weighted by molar-refractivity contribution is -0.122. The Morgan fingerprint density at radius 3 is 2.96 bits per heavy atom. The van der Waals surface area contributed by atoms with Gasteiger partial charge in [0.15, 0.2) is 11.5 Å². The van der Waals surface area contributed by atoms with Crippen LogP contribution in [0.2, 0.25) is 0 Å². The van der Waals surface area contributed by atoms with Crippen LogP contribution in [0.1, 0.15) is 24.8 Å². The van der Waals surface area contributed by atoms with Crippen molar-refractivity contribution in [3.8, 4) is 11.5 Å². The first-order valence-corrected chi connectivity index (χ1v) is 9.03. The summed E-state index contributed by atoms with van der Waals surface area (Å²) in [5, 5.41) is 3.01. The van der Waals surface area contributed by atoms with Gasteiger partial charge in [-0.15, -0.1) is 0 Å². The summed E-state index contributed by atoms with van der Waals surface area (Å²) in [5.74, 6) is 1.45. The van der Waals surface area contributed by atoms with Crippen LogP contribution in [0.25, 0.3) is 0 Å². The number of morpholine rings is 1. The highest BCUT2D eigenvalue weighted by Gasteiger charge is 2.32. The molecule has 1 aromatic rings. The number of rotatable bonds is 7. The maximum atomic E-state index is 12.1. The average Bonchev–Trinajstić information content (AvgIpc) is 3.12. The average molecular weight is 348 g/mol. The topological polar surface area (TPSA) is 60.0 Å². The number of benzene rings is 1. The number of nitrogens with zero attached hydrogens (tertiary/aromatic N) is 1. The Morgan fingerprint density at radius 2 is 2.16 bits per heavy atom. The molecule has 2 aliphatic rings. The molecule has 1 amide bonds. The molecular weight excluding hydrogens is 320 g/mol. The van der Waals surface area contributed by atoms with Crippen LogP contribution in [-0.4, -0.2) is 63.4 Å². The smallest absolute Gasteiger partial charge is 0.220 e. The summed E-state index contributed by atoms with van der Waals surface area (Å²) in [7, 11) is 3.23. The van der Waals surface area contributed by atoms with E-state index in [2.05, 4.69) is 10.2 Å². The molecule has 25 heavy (non-hydrogen) atoms. The zero-order valence-electron chi connectivity index (χ0n) is 15.1. The van der Waals surface area contributed by atoms with E-state index in [9.17, 15) is 4.79 Å². The van der Waals surface area contributed by atoms with Crippen molar-refractivity contribution in [2.45, 2.75) is 37.8 Å². The molecule has 2 aliphatic heterocycles. The summed E-state index contributed by atoms with van der Waals surface area (Å²) >= 11 is 0. The molecule has 2 heterocycles. The second-order valence-corrected chi connectivity index (χ2v) is 6.74. The van der Waals surface area contributed by atoms with Gasteiger partial charge in [-0.05, 0) is 43.5 Å². The minimum Gasteiger partial charge on any atom is -0.493 e. The van der Waals surface area contributed by atoms with Gasteiger partial charge in [0.1, 0.15) is 0 Å². The molecule has 0 bridgehead atoms. The fourth-order valence-electron chi connectivity index (χ4n) is 3.62. The molecule has 2 atom stereocenters. The number of amides is 1. The lowest BCUT2D eigenvalue weighted by Crippen LogP contribution is -2.50. The Bertz CT molecular complexity index is 593. The molecule has 138 valence electrons. The fourth-order valence-corrected chi connectivity index (χ4v) is 3.62. The first-order chi connectivity index (χ1) is 12.2. The van der Waals surface area contributed by atoms with Gasteiger partial charge in [0.25, 0.3) is 0 Å². The summed E-state index contributed by atoms with van der Waals surface area (Å²) in [6.07, 6.45) is 3.74. The molecule has 0 spiro atoms. The molecule has 0 unspecified atom stereocenters. The second-order valence-electron chi connectivity index (χ2n) is 6.74. The Balaban J connectivity index is 1.41. The molecule has 0 aliphatic carbocycles. The normalized spacial score (nSPS) is 23.1. The Labute approximate surface area is 149 Å². The highest BCUT2D eigenvalue weighted by molar-refractivity contribution is 5.76. The summed E-state index contributed by atoms with van der Waals surface area (Å²) in [6, 6.07) is 6.35. The second kappa shape index (κ2) is 8.54. The number of methoxy groups -OCH3 is 2. The molecule has 1 N–H and O–H groups in total. The quantitative estimate of drug-likeness (QED) is 0.811. The summed E-state index contributed by atoms with van der Waals surface area (Å²) in [4.78, 5) is 14.6. The first kappa shape index (κ1) is 18.0. The number of carbonyl (C=O) groups is 1. The fraction of sp³-hybridized carbons (Fsp3) is 0.632. The third kappa shape index (κ3) is 4.64. The van der Waals surface area contributed by atoms with Gasteiger partial charge < -0.3 is 19.5 Å². The Morgan fingerprint density at radius 1 is 1.32 bits per heavy atom. The van der Waals surface area contributed by atoms with Gasteiger partial charge in [-0.1, -0.05) is 6.07 Å². The third-order valence-electron chi connectivity index (χ3n) is 5.08. The predicted molar refractivity (Wildman–Crippen MR) is 95.2 cm³/mol. The van der Waals surface area contributed by atoms with E-state index in [0.29, 0.717) is 36.9 Å². The van der Waals surface area contributed by atoms with Crippen LogP contribution >= 0.6 is 0 Å².